The predicted molar refractivity (Wildman–Crippen MR) is 160 cm³/mol. The fraction of sp³-hybridized carbons (Fsp3) is 0.500. The summed E-state index contributed by atoms with van der Waals surface area (Å²) < 4.78 is 17.2. The van der Waals surface area contributed by atoms with E-state index in [0.29, 0.717) is 19.5 Å². The molecule has 1 spiro atoms. The summed E-state index contributed by atoms with van der Waals surface area (Å²) in [5.41, 5.74) is -0.254. The quantitative estimate of drug-likeness (QED) is 0.412. The average Bonchev–Trinajstić information content (AvgIpc) is 3.60. The van der Waals surface area contributed by atoms with Crippen LogP contribution in [0.1, 0.15) is 50.2 Å². The molecule has 3 aliphatic heterocycles. The first kappa shape index (κ1) is 29.2. The molecule has 4 aliphatic rings. The standard InChI is InChI=1S/C34H41N3O6/c1-33-18-19-34(43-33)28(27(33)30(38)35-21-23-11-15-26(42-3)16-12-23)32(40)37(20-17-22-9-13-25(41-2)14-10-22)29(34)31(39)36-24-7-5-4-6-8-24/h9-16,18-19,24,27-29H,4-8,17,20-21H2,1-3H3,(H,35,38)(H,36,39)/t27-,28+,29-,33-,34-/m1/s1. The van der Waals surface area contributed by atoms with Crippen LogP contribution in [-0.4, -0.2) is 66.7 Å². The molecule has 9 nitrogen and oxygen atoms in total. The number of likely N-dealkylation sites (tertiary alicyclic amines) is 1. The molecule has 2 N–H and O–H groups in total. The minimum Gasteiger partial charge on any atom is -0.497 e. The smallest absolute Gasteiger partial charge is 0.246 e. The molecular weight excluding hydrogens is 546 g/mol. The van der Waals surface area contributed by atoms with Gasteiger partial charge in [0.1, 0.15) is 23.1 Å². The fourth-order valence-corrected chi connectivity index (χ4v) is 7.48. The predicted octanol–water partition coefficient (Wildman–Crippen LogP) is 3.55. The first-order valence-corrected chi connectivity index (χ1v) is 15.3. The summed E-state index contributed by atoms with van der Waals surface area (Å²) in [5, 5.41) is 6.29. The highest BCUT2D eigenvalue weighted by Gasteiger charge is 2.76. The molecule has 3 heterocycles. The Balaban J connectivity index is 1.26. The van der Waals surface area contributed by atoms with Crippen molar-refractivity contribution >= 4 is 17.7 Å². The zero-order chi connectivity index (χ0) is 30.2. The summed E-state index contributed by atoms with van der Waals surface area (Å²) in [6, 6.07) is 14.4. The first-order valence-electron chi connectivity index (χ1n) is 15.3. The normalized spacial score (nSPS) is 29.4. The summed E-state index contributed by atoms with van der Waals surface area (Å²) in [6.45, 7) is 2.49. The van der Waals surface area contributed by atoms with Gasteiger partial charge in [0.25, 0.3) is 0 Å². The second-order valence-electron chi connectivity index (χ2n) is 12.4. The van der Waals surface area contributed by atoms with E-state index in [1.54, 1.807) is 19.1 Å². The van der Waals surface area contributed by atoms with E-state index < -0.39 is 29.1 Å². The molecule has 1 saturated carbocycles. The Morgan fingerprint density at radius 3 is 2.16 bits per heavy atom. The second-order valence-corrected chi connectivity index (χ2v) is 12.4. The average molecular weight is 588 g/mol. The Morgan fingerprint density at radius 2 is 1.53 bits per heavy atom. The van der Waals surface area contributed by atoms with E-state index in [1.165, 1.54) is 6.42 Å². The van der Waals surface area contributed by atoms with Crippen LogP contribution in [0.2, 0.25) is 0 Å². The molecule has 2 aromatic carbocycles. The number of benzene rings is 2. The van der Waals surface area contributed by atoms with Crippen molar-refractivity contribution in [2.75, 3.05) is 20.8 Å². The van der Waals surface area contributed by atoms with Gasteiger partial charge < -0.3 is 29.7 Å². The molecule has 2 bridgehead atoms. The molecular formula is C34H41N3O6. The summed E-state index contributed by atoms with van der Waals surface area (Å²) in [6.07, 6.45) is 9.50. The molecule has 228 valence electrons. The van der Waals surface area contributed by atoms with E-state index in [-0.39, 0.29) is 23.8 Å². The number of nitrogens with one attached hydrogen (secondary N) is 2. The molecule has 3 fully saturated rings. The van der Waals surface area contributed by atoms with Crippen molar-refractivity contribution in [1.82, 2.24) is 15.5 Å². The minimum atomic E-state index is -1.20. The molecule has 5 atom stereocenters. The third-order valence-electron chi connectivity index (χ3n) is 9.71. The molecule has 1 aliphatic carbocycles. The molecule has 0 aromatic heterocycles. The van der Waals surface area contributed by atoms with Gasteiger partial charge in [0.2, 0.25) is 17.7 Å². The lowest BCUT2D eigenvalue weighted by molar-refractivity contribution is -0.145. The van der Waals surface area contributed by atoms with Crippen LogP contribution in [0.5, 0.6) is 11.5 Å². The van der Waals surface area contributed by atoms with Crippen molar-refractivity contribution in [3.63, 3.8) is 0 Å². The summed E-state index contributed by atoms with van der Waals surface area (Å²) in [7, 11) is 3.23. The Kier molecular flexibility index (Phi) is 7.94. The number of carbonyl (C=O) groups excluding carboxylic acids is 3. The van der Waals surface area contributed by atoms with Gasteiger partial charge >= 0.3 is 0 Å². The Hall–Kier alpha value is -3.85. The number of methoxy groups -OCH3 is 2. The minimum absolute atomic E-state index is 0.0806. The lowest BCUT2D eigenvalue weighted by Crippen LogP contribution is -2.57. The highest BCUT2D eigenvalue weighted by Crippen LogP contribution is 2.59. The molecule has 0 radical (unpaired) electrons. The number of carbonyl (C=O) groups is 3. The van der Waals surface area contributed by atoms with E-state index in [2.05, 4.69) is 10.6 Å². The van der Waals surface area contributed by atoms with Gasteiger partial charge in [0.05, 0.1) is 31.7 Å². The van der Waals surface area contributed by atoms with Gasteiger partial charge in [-0.3, -0.25) is 14.4 Å². The largest absolute Gasteiger partial charge is 0.497 e. The zero-order valence-corrected chi connectivity index (χ0v) is 25.1. The molecule has 2 aromatic rings. The van der Waals surface area contributed by atoms with E-state index in [1.807, 2.05) is 67.6 Å². The number of hydrogen-bond donors (Lipinski definition) is 2. The SMILES string of the molecule is COc1ccc(CCN2C(=O)[C@@H]3[C@H](C(=O)NCc4ccc(OC)cc4)[C@@]4(C)C=C[C@]3(O4)[C@H]2C(=O)NC2CCCCC2)cc1. The summed E-state index contributed by atoms with van der Waals surface area (Å²) in [4.78, 5) is 43.9. The van der Waals surface area contributed by atoms with Crippen LogP contribution in [0, 0.1) is 11.8 Å². The second kappa shape index (κ2) is 11.7. The molecule has 0 unspecified atom stereocenters. The van der Waals surface area contributed by atoms with E-state index in [4.69, 9.17) is 14.2 Å². The maximum atomic E-state index is 14.3. The topological polar surface area (TPSA) is 106 Å². The third-order valence-corrected chi connectivity index (χ3v) is 9.71. The van der Waals surface area contributed by atoms with Crippen LogP contribution in [0.3, 0.4) is 0 Å². The van der Waals surface area contributed by atoms with E-state index in [9.17, 15) is 14.4 Å². The van der Waals surface area contributed by atoms with Crippen molar-refractivity contribution < 1.29 is 28.6 Å². The van der Waals surface area contributed by atoms with Crippen LogP contribution >= 0.6 is 0 Å². The van der Waals surface area contributed by atoms with Crippen molar-refractivity contribution in [3.05, 3.63) is 71.8 Å². The summed E-state index contributed by atoms with van der Waals surface area (Å²) >= 11 is 0. The highest BCUT2D eigenvalue weighted by atomic mass is 16.5. The van der Waals surface area contributed by atoms with Crippen molar-refractivity contribution in [3.8, 4) is 11.5 Å². The number of fused-ring (bicyclic) bond motifs is 1. The van der Waals surface area contributed by atoms with Gasteiger partial charge in [-0.25, -0.2) is 0 Å². The lowest BCUT2D eigenvalue weighted by Gasteiger charge is -2.34. The number of nitrogens with zero attached hydrogens (tertiary/aromatic N) is 1. The maximum Gasteiger partial charge on any atom is 0.246 e. The Morgan fingerprint density at radius 1 is 0.907 bits per heavy atom. The van der Waals surface area contributed by atoms with Gasteiger partial charge in [-0.05, 0) is 61.6 Å². The Labute approximate surface area is 252 Å². The van der Waals surface area contributed by atoms with Crippen LogP contribution < -0.4 is 20.1 Å². The van der Waals surface area contributed by atoms with E-state index in [0.717, 1.165) is 48.3 Å². The van der Waals surface area contributed by atoms with Gasteiger partial charge in [0.15, 0.2) is 0 Å². The van der Waals surface area contributed by atoms with Crippen LogP contribution in [0.4, 0.5) is 0 Å². The molecule has 9 heteroatoms. The zero-order valence-electron chi connectivity index (χ0n) is 25.1. The monoisotopic (exact) mass is 587 g/mol. The first-order chi connectivity index (χ1) is 20.8. The third kappa shape index (κ3) is 5.28. The molecule has 3 amide bonds. The van der Waals surface area contributed by atoms with Gasteiger partial charge in [-0.2, -0.15) is 0 Å². The van der Waals surface area contributed by atoms with Crippen molar-refractivity contribution in [2.24, 2.45) is 11.8 Å². The van der Waals surface area contributed by atoms with Crippen molar-refractivity contribution in [1.29, 1.82) is 0 Å². The van der Waals surface area contributed by atoms with Gasteiger partial charge in [0, 0.05) is 19.1 Å². The number of amides is 3. The van der Waals surface area contributed by atoms with Crippen molar-refractivity contribution in [2.45, 2.75) is 75.3 Å². The maximum absolute atomic E-state index is 14.3. The van der Waals surface area contributed by atoms with Crippen LogP contribution in [0.25, 0.3) is 0 Å². The Bertz CT molecular complexity index is 1390. The number of ether oxygens (including phenoxy) is 3. The van der Waals surface area contributed by atoms with E-state index >= 15 is 0 Å². The van der Waals surface area contributed by atoms with Gasteiger partial charge in [-0.15, -0.1) is 0 Å². The number of rotatable bonds is 10. The lowest BCUT2D eigenvalue weighted by atomic mass is 9.70. The number of hydrogen-bond acceptors (Lipinski definition) is 6. The molecule has 6 rings (SSSR count). The van der Waals surface area contributed by atoms with Crippen LogP contribution in [-0.2, 0) is 32.1 Å². The van der Waals surface area contributed by atoms with Crippen LogP contribution in [0.15, 0.2) is 60.7 Å². The molecule has 2 saturated heterocycles. The fourth-order valence-electron chi connectivity index (χ4n) is 7.48. The molecule has 43 heavy (non-hydrogen) atoms. The van der Waals surface area contributed by atoms with Gasteiger partial charge in [-0.1, -0.05) is 55.7 Å². The summed E-state index contributed by atoms with van der Waals surface area (Å²) in [5.74, 6) is -0.742. The highest BCUT2D eigenvalue weighted by molar-refractivity contribution is 6.00.